The molecule has 2 heterocycles. The van der Waals surface area contributed by atoms with Gasteiger partial charge in [0.2, 0.25) is 5.91 Å². The smallest absolute Gasteiger partial charge is 0.222 e. The van der Waals surface area contributed by atoms with E-state index < -0.39 is 0 Å². The Balaban J connectivity index is 0.00000101. The van der Waals surface area contributed by atoms with Crippen LogP contribution in [0.25, 0.3) is 22.0 Å². The molecule has 0 radical (unpaired) electrons. The summed E-state index contributed by atoms with van der Waals surface area (Å²) in [6.07, 6.45) is 4.20. The van der Waals surface area contributed by atoms with Gasteiger partial charge in [-0.2, -0.15) is 0 Å². The summed E-state index contributed by atoms with van der Waals surface area (Å²) in [6, 6.07) is 18.9. The molecular formula is C31H45N3O2. The summed E-state index contributed by atoms with van der Waals surface area (Å²) in [7, 11) is 1.59. The molecule has 1 aromatic heterocycles. The minimum absolute atomic E-state index is 0.230. The number of hydrogen-bond acceptors (Lipinski definition) is 4. The standard InChI is InChI=1S/C25H27N3O2.3C2H6/c1-3-24(29)28-15-12-21(13-16-28)25(27-30-2)20-9-6-18(7-10-20)22-11-8-19-5-4-14-26-23(19)17-22;3*1-2/h4-11,14,17,21H,3,12-13,15-16H2,1-2H3;3*1-2H3/b27-25-;;;. The van der Waals surface area contributed by atoms with E-state index in [9.17, 15) is 4.79 Å². The number of hydrogen-bond donors (Lipinski definition) is 0. The molecule has 1 fully saturated rings. The molecule has 0 spiro atoms. The van der Waals surface area contributed by atoms with Crippen molar-refractivity contribution in [1.82, 2.24) is 9.88 Å². The second-order valence-corrected chi connectivity index (χ2v) is 7.66. The summed E-state index contributed by atoms with van der Waals surface area (Å²) in [5.41, 5.74) is 5.32. The zero-order valence-corrected chi connectivity index (χ0v) is 23.5. The Morgan fingerprint density at radius 2 is 1.56 bits per heavy atom. The van der Waals surface area contributed by atoms with Crippen molar-refractivity contribution < 1.29 is 9.63 Å². The third-order valence-corrected chi connectivity index (χ3v) is 5.85. The Morgan fingerprint density at radius 3 is 2.14 bits per heavy atom. The van der Waals surface area contributed by atoms with Crippen LogP contribution in [0.15, 0.2) is 65.9 Å². The molecular weight excluding hydrogens is 446 g/mol. The van der Waals surface area contributed by atoms with Crippen molar-refractivity contribution in [2.24, 2.45) is 11.1 Å². The van der Waals surface area contributed by atoms with Gasteiger partial charge in [-0.15, -0.1) is 0 Å². The number of pyridine rings is 1. The molecule has 5 heteroatoms. The van der Waals surface area contributed by atoms with Crippen LogP contribution in [0.3, 0.4) is 0 Å². The molecule has 0 saturated carbocycles. The van der Waals surface area contributed by atoms with Gasteiger partial charge < -0.3 is 9.74 Å². The van der Waals surface area contributed by atoms with Crippen LogP contribution in [0.1, 0.15) is 73.3 Å². The van der Waals surface area contributed by atoms with Gasteiger partial charge in [0.25, 0.3) is 0 Å². The Morgan fingerprint density at radius 1 is 0.944 bits per heavy atom. The van der Waals surface area contributed by atoms with Crippen molar-refractivity contribution in [1.29, 1.82) is 0 Å². The van der Waals surface area contributed by atoms with Gasteiger partial charge >= 0.3 is 0 Å². The van der Waals surface area contributed by atoms with E-state index in [1.165, 1.54) is 0 Å². The fraction of sp³-hybridized carbons (Fsp3) is 0.452. The summed E-state index contributed by atoms with van der Waals surface area (Å²) in [6.45, 7) is 15.5. The summed E-state index contributed by atoms with van der Waals surface area (Å²) < 4.78 is 0. The van der Waals surface area contributed by atoms with Crippen molar-refractivity contribution in [3.63, 3.8) is 0 Å². The van der Waals surface area contributed by atoms with Gasteiger partial charge in [-0.1, -0.05) is 96.1 Å². The molecule has 1 aliphatic rings. The van der Waals surface area contributed by atoms with Crippen LogP contribution in [0.4, 0.5) is 0 Å². The Hall–Kier alpha value is -3.21. The number of benzene rings is 2. The van der Waals surface area contributed by atoms with E-state index in [4.69, 9.17) is 4.84 Å². The lowest BCUT2D eigenvalue weighted by Crippen LogP contribution is -2.40. The number of nitrogens with zero attached hydrogens (tertiary/aromatic N) is 3. The molecule has 0 N–H and O–H groups in total. The quantitative estimate of drug-likeness (QED) is 0.268. The monoisotopic (exact) mass is 491 g/mol. The van der Waals surface area contributed by atoms with Crippen LogP contribution >= 0.6 is 0 Å². The lowest BCUT2D eigenvalue weighted by molar-refractivity contribution is -0.131. The maximum absolute atomic E-state index is 12.0. The van der Waals surface area contributed by atoms with Crippen molar-refractivity contribution in [2.45, 2.75) is 67.7 Å². The minimum Gasteiger partial charge on any atom is -0.399 e. The molecule has 0 unspecified atom stereocenters. The van der Waals surface area contributed by atoms with Gasteiger partial charge in [0.1, 0.15) is 7.11 Å². The van der Waals surface area contributed by atoms with Crippen LogP contribution in [0.5, 0.6) is 0 Å². The summed E-state index contributed by atoms with van der Waals surface area (Å²) in [5.74, 6) is 0.523. The fourth-order valence-electron chi connectivity index (χ4n) is 4.17. The number of fused-ring (bicyclic) bond motifs is 1. The molecule has 3 aromatic rings. The largest absolute Gasteiger partial charge is 0.399 e. The normalized spacial score (nSPS) is 13.3. The summed E-state index contributed by atoms with van der Waals surface area (Å²) in [4.78, 5) is 23.5. The average molecular weight is 492 g/mol. The molecule has 2 aromatic carbocycles. The van der Waals surface area contributed by atoms with E-state index in [2.05, 4.69) is 58.7 Å². The highest BCUT2D eigenvalue weighted by atomic mass is 16.6. The first-order valence-corrected chi connectivity index (χ1v) is 13.5. The molecule has 196 valence electrons. The highest BCUT2D eigenvalue weighted by Crippen LogP contribution is 2.27. The summed E-state index contributed by atoms with van der Waals surface area (Å²) in [5, 5.41) is 5.49. The zero-order valence-electron chi connectivity index (χ0n) is 23.5. The van der Waals surface area contributed by atoms with E-state index in [0.717, 1.165) is 59.2 Å². The molecule has 36 heavy (non-hydrogen) atoms. The Kier molecular flexibility index (Phi) is 14.8. The van der Waals surface area contributed by atoms with E-state index in [0.29, 0.717) is 12.3 Å². The van der Waals surface area contributed by atoms with Gasteiger partial charge in [0.15, 0.2) is 0 Å². The van der Waals surface area contributed by atoms with Gasteiger partial charge in [-0.3, -0.25) is 9.78 Å². The number of likely N-dealkylation sites (tertiary alicyclic amines) is 1. The molecule has 0 bridgehead atoms. The highest BCUT2D eigenvalue weighted by molar-refractivity contribution is 6.02. The first kappa shape index (κ1) is 30.8. The van der Waals surface area contributed by atoms with E-state index in [1.807, 2.05) is 65.6 Å². The van der Waals surface area contributed by atoms with Crippen LogP contribution in [0, 0.1) is 5.92 Å². The predicted octanol–water partition coefficient (Wildman–Crippen LogP) is 7.98. The number of carbonyl (C=O) groups excluding carboxylic acids is 1. The van der Waals surface area contributed by atoms with E-state index in [-0.39, 0.29) is 5.91 Å². The maximum atomic E-state index is 12.0. The number of amides is 1. The van der Waals surface area contributed by atoms with Gasteiger partial charge in [0, 0.05) is 37.0 Å². The van der Waals surface area contributed by atoms with Crippen molar-refractivity contribution in [3.8, 4) is 11.1 Å². The lowest BCUT2D eigenvalue weighted by Gasteiger charge is -2.32. The van der Waals surface area contributed by atoms with Crippen LogP contribution < -0.4 is 0 Å². The van der Waals surface area contributed by atoms with Crippen LogP contribution in [0.2, 0.25) is 0 Å². The third kappa shape index (κ3) is 8.18. The molecule has 4 rings (SSSR count). The zero-order chi connectivity index (χ0) is 26.9. The van der Waals surface area contributed by atoms with E-state index >= 15 is 0 Å². The summed E-state index contributed by atoms with van der Waals surface area (Å²) >= 11 is 0. The average Bonchev–Trinajstić information content (AvgIpc) is 2.98. The maximum Gasteiger partial charge on any atom is 0.222 e. The molecule has 1 saturated heterocycles. The number of rotatable bonds is 5. The Labute approximate surface area is 218 Å². The molecule has 0 atom stereocenters. The third-order valence-electron chi connectivity index (χ3n) is 5.85. The number of oxime groups is 1. The van der Waals surface area contributed by atoms with Crippen LogP contribution in [-0.4, -0.2) is 41.7 Å². The molecule has 5 nitrogen and oxygen atoms in total. The van der Waals surface area contributed by atoms with Gasteiger partial charge in [0.05, 0.1) is 11.2 Å². The fourth-order valence-corrected chi connectivity index (χ4v) is 4.17. The molecule has 1 aliphatic heterocycles. The minimum atomic E-state index is 0.230. The van der Waals surface area contributed by atoms with Crippen molar-refractivity contribution in [2.75, 3.05) is 20.2 Å². The predicted molar refractivity (Wildman–Crippen MR) is 154 cm³/mol. The first-order chi connectivity index (χ1) is 17.7. The number of carbonyl (C=O) groups is 1. The number of piperidine rings is 1. The SMILES string of the molecule is CC.CC.CC.CCC(=O)N1CCC(/C(=N\OC)c2ccc(-c3ccc4cccnc4c3)cc2)CC1. The Bertz CT molecular complexity index is 1050. The molecule has 0 aliphatic carbocycles. The highest BCUT2D eigenvalue weighted by Gasteiger charge is 2.26. The molecule has 1 amide bonds. The topological polar surface area (TPSA) is 54.8 Å². The lowest BCUT2D eigenvalue weighted by atomic mass is 9.87. The number of aromatic nitrogens is 1. The van der Waals surface area contributed by atoms with Crippen LogP contribution in [-0.2, 0) is 9.63 Å². The second-order valence-electron chi connectivity index (χ2n) is 7.66. The van der Waals surface area contributed by atoms with Crippen molar-refractivity contribution >= 4 is 22.5 Å². The van der Waals surface area contributed by atoms with Gasteiger partial charge in [-0.25, -0.2) is 0 Å². The second kappa shape index (κ2) is 17.3. The first-order valence-electron chi connectivity index (χ1n) is 13.5. The van der Waals surface area contributed by atoms with Crippen molar-refractivity contribution in [3.05, 3.63) is 66.4 Å². The van der Waals surface area contributed by atoms with E-state index in [1.54, 1.807) is 7.11 Å². The van der Waals surface area contributed by atoms with Gasteiger partial charge in [-0.05, 0) is 41.7 Å².